The predicted molar refractivity (Wildman–Crippen MR) is 77.6 cm³/mol. The second-order valence-corrected chi connectivity index (χ2v) is 6.35. The molecule has 0 radical (unpaired) electrons. The summed E-state index contributed by atoms with van der Waals surface area (Å²) in [5.74, 6) is -3.41. The molecule has 2 aliphatic carbocycles. The molecule has 0 spiro atoms. The monoisotopic (exact) mass is 322 g/mol. The number of Topliss-reactive ketones (excluding diaryl/α,β-unsaturated/α-hetero) is 2. The summed E-state index contributed by atoms with van der Waals surface area (Å²) >= 11 is 0. The lowest BCUT2D eigenvalue weighted by molar-refractivity contribution is -0.178. The van der Waals surface area contributed by atoms with Gasteiger partial charge in [0, 0.05) is 17.5 Å². The Morgan fingerprint density at radius 1 is 1.22 bits per heavy atom. The fourth-order valence-corrected chi connectivity index (χ4v) is 3.54. The maximum atomic E-state index is 12.8. The topological polar surface area (TPSA) is 124 Å². The van der Waals surface area contributed by atoms with E-state index in [0.717, 1.165) is 0 Å². The number of carbonyl (C=O) groups excluding carboxylic acids is 2. The molecule has 0 aromatic heterocycles. The van der Waals surface area contributed by atoms with Gasteiger partial charge in [0.1, 0.15) is 17.1 Å². The molecule has 23 heavy (non-hydrogen) atoms. The van der Waals surface area contributed by atoms with Gasteiger partial charge < -0.3 is 25.2 Å². The number of phenolic OH excluding ortho intramolecular Hbond substituents is 1. The van der Waals surface area contributed by atoms with E-state index >= 15 is 0 Å². The first-order valence-electron chi connectivity index (χ1n) is 7.28. The van der Waals surface area contributed by atoms with Crippen LogP contribution in [-0.2, 0) is 0 Å². The van der Waals surface area contributed by atoms with Crippen molar-refractivity contribution in [1.82, 2.24) is 0 Å². The largest absolute Gasteiger partial charge is 0.507 e. The summed E-state index contributed by atoms with van der Waals surface area (Å²) in [5, 5.41) is 40.6. The summed E-state index contributed by atoms with van der Waals surface area (Å²) in [6.07, 6.45) is -3.10. The number of carbonyl (C=O) groups is 2. The van der Waals surface area contributed by atoms with Crippen LogP contribution < -0.4 is 4.74 Å². The summed E-state index contributed by atoms with van der Waals surface area (Å²) in [4.78, 5) is 25.4. The second kappa shape index (κ2) is 5.02. The SMILES string of the molecule is COc1cc(O)c2c(c1)C(=O)[C@@H]1[C@H](C[C@@H](O)[C@@](C)(O)[C@@H]1O)C2=O. The molecule has 2 aliphatic rings. The quantitative estimate of drug-likeness (QED) is 0.568. The van der Waals surface area contributed by atoms with Gasteiger partial charge in [0.05, 0.1) is 30.8 Å². The molecule has 0 bridgehead atoms. The molecule has 0 saturated heterocycles. The first-order chi connectivity index (χ1) is 10.7. The van der Waals surface area contributed by atoms with Crippen molar-refractivity contribution in [2.75, 3.05) is 7.11 Å². The molecule has 0 aliphatic heterocycles. The lowest BCUT2D eigenvalue weighted by Gasteiger charge is -2.47. The van der Waals surface area contributed by atoms with Gasteiger partial charge in [-0.2, -0.15) is 0 Å². The zero-order chi connectivity index (χ0) is 17.1. The van der Waals surface area contributed by atoms with Crippen LogP contribution in [0.1, 0.15) is 34.1 Å². The van der Waals surface area contributed by atoms with Crippen LogP contribution in [0.15, 0.2) is 12.1 Å². The van der Waals surface area contributed by atoms with Crippen molar-refractivity contribution in [3.8, 4) is 11.5 Å². The predicted octanol–water partition coefficient (Wildman–Crippen LogP) is -0.111. The Balaban J connectivity index is 2.17. The van der Waals surface area contributed by atoms with Gasteiger partial charge >= 0.3 is 0 Å². The third-order valence-electron chi connectivity index (χ3n) is 5.00. The molecule has 1 aromatic rings. The van der Waals surface area contributed by atoms with Crippen LogP contribution in [0.3, 0.4) is 0 Å². The first kappa shape index (κ1) is 15.9. The summed E-state index contributed by atoms with van der Waals surface area (Å²) in [5.41, 5.74) is -2.06. The smallest absolute Gasteiger partial charge is 0.171 e. The third-order valence-corrected chi connectivity index (χ3v) is 5.00. The molecule has 4 N–H and O–H groups in total. The zero-order valence-corrected chi connectivity index (χ0v) is 12.7. The van der Waals surface area contributed by atoms with E-state index in [9.17, 15) is 30.0 Å². The van der Waals surface area contributed by atoms with E-state index in [1.54, 1.807) is 0 Å². The molecule has 1 saturated carbocycles. The van der Waals surface area contributed by atoms with Crippen molar-refractivity contribution in [1.29, 1.82) is 0 Å². The first-order valence-corrected chi connectivity index (χ1v) is 7.28. The Labute approximate surface area is 132 Å². The van der Waals surface area contributed by atoms with Crippen LogP contribution >= 0.6 is 0 Å². The minimum atomic E-state index is -1.89. The average Bonchev–Trinajstić information content (AvgIpc) is 2.49. The van der Waals surface area contributed by atoms with E-state index in [0.29, 0.717) is 0 Å². The number of benzene rings is 1. The molecule has 7 nitrogen and oxygen atoms in total. The standard InChI is InChI=1S/C16H18O7/c1-16(22)10(18)5-8-12(15(16)21)14(20)7-3-6(23-2)4-9(17)11(7)13(8)19/h3-4,8,10,12,15,17-18,21-22H,5H2,1-2H3/t8-,10+,12-,15+,16+/m0/s1. The minimum Gasteiger partial charge on any atom is -0.507 e. The minimum absolute atomic E-state index is 0.0423. The lowest BCUT2D eigenvalue weighted by atomic mass is 9.61. The van der Waals surface area contributed by atoms with E-state index in [1.807, 2.05) is 0 Å². The molecule has 0 heterocycles. The van der Waals surface area contributed by atoms with Gasteiger partial charge in [0.25, 0.3) is 0 Å². The molecule has 124 valence electrons. The van der Waals surface area contributed by atoms with Gasteiger partial charge in [-0.3, -0.25) is 9.59 Å². The maximum absolute atomic E-state index is 12.8. The molecule has 3 rings (SSSR count). The Morgan fingerprint density at radius 2 is 1.87 bits per heavy atom. The van der Waals surface area contributed by atoms with Crippen molar-refractivity contribution >= 4 is 11.6 Å². The summed E-state index contributed by atoms with van der Waals surface area (Å²) in [6.45, 7) is 1.23. The highest BCUT2D eigenvalue weighted by Crippen LogP contribution is 2.46. The molecule has 1 aromatic carbocycles. The highest BCUT2D eigenvalue weighted by molar-refractivity contribution is 6.18. The van der Waals surface area contributed by atoms with E-state index in [4.69, 9.17) is 4.74 Å². The number of methoxy groups -OCH3 is 1. The van der Waals surface area contributed by atoms with Crippen molar-refractivity contribution in [3.05, 3.63) is 23.3 Å². The number of phenols is 1. The normalized spacial score (nSPS) is 36.4. The summed E-state index contributed by atoms with van der Waals surface area (Å²) in [6, 6.07) is 2.56. The Morgan fingerprint density at radius 3 is 2.48 bits per heavy atom. The van der Waals surface area contributed by atoms with Crippen molar-refractivity contribution in [2.24, 2.45) is 11.8 Å². The number of hydrogen-bond acceptors (Lipinski definition) is 7. The second-order valence-electron chi connectivity index (χ2n) is 6.35. The number of hydrogen-bond donors (Lipinski definition) is 4. The number of ketones is 2. The van der Waals surface area contributed by atoms with Crippen LogP contribution in [-0.4, -0.2) is 56.9 Å². The zero-order valence-electron chi connectivity index (χ0n) is 12.7. The number of ether oxygens (including phenoxy) is 1. The number of aliphatic hydroxyl groups is 3. The fraction of sp³-hybridized carbons (Fsp3) is 0.500. The Hall–Kier alpha value is -1.96. The fourth-order valence-electron chi connectivity index (χ4n) is 3.54. The van der Waals surface area contributed by atoms with Gasteiger partial charge in [-0.1, -0.05) is 0 Å². The molecule has 1 fully saturated rings. The number of fused-ring (bicyclic) bond motifs is 2. The van der Waals surface area contributed by atoms with Gasteiger partial charge in [-0.15, -0.1) is 0 Å². The molecular weight excluding hydrogens is 304 g/mol. The van der Waals surface area contributed by atoms with Gasteiger partial charge in [0.15, 0.2) is 11.6 Å². The molecule has 0 amide bonds. The van der Waals surface area contributed by atoms with Crippen LogP contribution in [0.5, 0.6) is 11.5 Å². The van der Waals surface area contributed by atoms with Gasteiger partial charge in [-0.05, 0) is 19.4 Å². The van der Waals surface area contributed by atoms with E-state index < -0.39 is 41.2 Å². The van der Waals surface area contributed by atoms with Crippen LogP contribution in [0.2, 0.25) is 0 Å². The number of rotatable bonds is 1. The van der Waals surface area contributed by atoms with Crippen molar-refractivity contribution < 1.29 is 34.8 Å². The molecule has 7 heteroatoms. The Kier molecular flexibility index (Phi) is 3.47. The van der Waals surface area contributed by atoms with Gasteiger partial charge in [-0.25, -0.2) is 0 Å². The molecule has 0 unspecified atom stereocenters. The van der Waals surface area contributed by atoms with Gasteiger partial charge in [0.2, 0.25) is 0 Å². The molecule has 5 atom stereocenters. The highest BCUT2D eigenvalue weighted by Gasteiger charge is 2.57. The number of aromatic hydroxyl groups is 1. The lowest BCUT2D eigenvalue weighted by Crippen LogP contribution is -2.63. The van der Waals surface area contributed by atoms with Crippen LogP contribution in [0.4, 0.5) is 0 Å². The van der Waals surface area contributed by atoms with Crippen molar-refractivity contribution in [2.45, 2.75) is 31.2 Å². The highest BCUT2D eigenvalue weighted by atomic mass is 16.5. The maximum Gasteiger partial charge on any atom is 0.171 e. The van der Waals surface area contributed by atoms with Crippen LogP contribution in [0.25, 0.3) is 0 Å². The van der Waals surface area contributed by atoms with E-state index in [-0.39, 0.29) is 29.0 Å². The summed E-state index contributed by atoms with van der Waals surface area (Å²) < 4.78 is 4.99. The molecular formula is C16H18O7. The Bertz CT molecular complexity index is 694. The number of aliphatic hydroxyl groups excluding tert-OH is 2. The van der Waals surface area contributed by atoms with E-state index in [2.05, 4.69) is 0 Å². The van der Waals surface area contributed by atoms with E-state index in [1.165, 1.54) is 26.2 Å². The third kappa shape index (κ3) is 2.08. The average molecular weight is 322 g/mol. The van der Waals surface area contributed by atoms with Crippen LogP contribution in [0, 0.1) is 11.8 Å². The summed E-state index contributed by atoms with van der Waals surface area (Å²) in [7, 11) is 1.36. The van der Waals surface area contributed by atoms with Crippen molar-refractivity contribution in [3.63, 3.8) is 0 Å².